The van der Waals surface area contributed by atoms with E-state index in [0.29, 0.717) is 5.56 Å². The van der Waals surface area contributed by atoms with Crippen molar-refractivity contribution in [3.63, 3.8) is 0 Å². The highest BCUT2D eigenvalue weighted by Crippen LogP contribution is 2.25. The largest absolute Gasteiger partial charge is 0.497 e. The molecule has 1 amide bonds. The van der Waals surface area contributed by atoms with Gasteiger partial charge in [0.25, 0.3) is 5.91 Å². The standard InChI is InChI=1S/C16H22N2O2/c1-10(2)18(11(3)4)16(19)14-9-17-15-7-6-12(20-5)8-13(14)15/h6-11,17H,1-5H3. The van der Waals surface area contributed by atoms with E-state index in [1.54, 1.807) is 13.3 Å². The number of ether oxygens (including phenoxy) is 1. The van der Waals surface area contributed by atoms with Crippen LogP contribution in [0.15, 0.2) is 24.4 Å². The summed E-state index contributed by atoms with van der Waals surface area (Å²) >= 11 is 0. The monoisotopic (exact) mass is 274 g/mol. The highest BCUT2D eigenvalue weighted by atomic mass is 16.5. The van der Waals surface area contributed by atoms with Gasteiger partial charge in [-0.3, -0.25) is 4.79 Å². The van der Waals surface area contributed by atoms with Crippen LogP contribution < -0.4 is 4.74 Å². The van der Waals surface area contributed by atoms with Gasteiger partial charge in [0, 0.05) is 29.2 Å². The Labute approximate surface area is 119 Å². The number of H-pyrrole nitrogens is 1. The molecular weight excluding hydrogens is 252 g/mol. The molecule has 0 radical (unpaired) electrons. The van der Waals surface area contributed by atoms with E-state index >= 15 is 0 Å². The van der Waals surface area contributed by atoms with Crippen LogP contribution in [-0.2, 0) is 0 Å². The molecule has 0 unspecified atom stereocenters. The molecule has 1 aromatic carbocycles. The number of hydrogen-bond donors (Lipinski definition) is 1. The van der Waals surface area contributed by atoms with E-state index in [4.69, 9.17) is 4.74 Å². The number of nitrogens with zero attached hydrogens (tertiary/aromatic N) is 1. The molecule has 0 aliphatic rings. The molecule has 0 saturated heterocycles. The average Bonchev–Trinajstić information content (AvgIpc) is 2.80. The van der Waals surface area contributed by atoms with E-state index < -0.39 is 0 Å². The van der Waals surface area contributed by atoms with Gasteiger partial charge in [-0.15, -0.1) is 0 Å². The Morgan fingerprint density at radius 1 is 1.20 bits per heavy atom. The van der Waals surface area contributed by atoms with Gasteiger partial charge in [-0.2, -0.15) is 0 Å². The first kappa shape index (κ1) is 14.4. The van der Waals surface area contributed by atoms with Crippen LogP contribution >= 0.6 is 0 Å². The number of aromatic amines is 1. The normalized spacial score (nSPS) is 11.3. The maximum absolute atomic E-state index is 12.8. The lowest BCUT2D eigenvalue weighted by molar-refractivity contribution is 0.0646. The molecule has 4 nitrogen and oxygen atoms in total. The van der Waals surface area contributed by atoms with Gasteiger partial charge in [-0.05, 0) is 45.9 Å². The zero-order valence-corrected chi connectivity index (χ0v) is 12.7. The minimum Gasteiger partial charge on any atom is -0.497 e. The molecule has 1 aromatic heterocycles. The Morgan fingerprint density at radius 3 is 2.40 bits per heavy atom. The Bertz CT molecular complexity index is 606. The fourth-order valence-electron chi connectivity index (χ4n) is 2.61. The smallest absolute Gasteiger partial charge is 0.256 e. The first-order valence-corrected chi connectivity index (χ1v) is 6.93. The van der Waals surface area contributed by atoms with Crippen molar-refractivity contribution in [1.82, 2.24) is 9.88 Å². The molecule has 0 atom stereocenters. The molecule has 0 bridgehead atoms. The molecule has 4 heteroatoms. The van der Waals surface area contributed by atoms with Crippen molar-refractivity contribution in [1.29, 1.82) is 0 Å². The third-order valence-corrected chi connectivity index (χ3v) is 3.47. The van der Waals surface area contributed by atoms with Crippen molar-refractivity contribution in [2.24, 2.45) is 0 Å². The topological polar surface area (TPSA) is 45.3 Å². The molecule has 0 aliphatic heterocycles. The summed E-state index contributed by atoms with van der Waals surface area (Å²) in [6.07, 6.45) is 1.78. The Morgan fingerprint density at radius 2 is 1.85 bits per heavy atom. The lowest BCUT2D eigenvalue weighted by atomic mass is 10.1. The van der Waals surface area contributed by atoms with Crippen LogP contribution in [0.25, 0.3) is 10.9 Å². The molecule has 0 fully saturated rings. The predicted molar refractivity (Wildman–Crippen MR) is 81.3 cm³/mol. The Balaban J connectivity index is 2.48. The van der Waals surface area contributed by atoms with Crippen molar-refractivity contribution in [3.05, 3.63) is 30.0 Å². The first-order chi connectivity index (χ1) is 9.45. The van der Waals surface area contributed by atoms with Crippen LogP contribution in [-0.4, -0.2) is 35.0 Å². The minimum absolute atomic E-state index is 0.0505. The van der Waals surface area contributed by atoms with Crippen LogP contribution in [0.4, 0.5) is 0 Å². The first-order valence-electron chi connectivity index (χ1n) is 6.93. The molecule has 0 saturated carbocycles. The lowest BCUT2D eigenvalue weighted by Crippen LogP contribution is -2.41. The minimum atomic E-state index is 0.0505. The third kappa shape index (κ3) is 2.50. The number of hydrogen-bond acceptors (Lipinski definition) is 2. The highest BCUT2D eigenvalue weighted by Gasteiger charge is 2.24. The van der Waals surface area contributed by atoms with Crippen molar-refractivity contribution < 1.29 is 9.53 Å². The fourth-order valence-corrected chi connectivity index (χ4v) is 2.61. The Hall–Kier alpha value is -1.97. The van der Waals surface area contributed by atoms with Gasteiger partial charge < -0.3 is 14.6 Å². The summed E-state index contributed by atoms with van der Waals surface area (Å²) in [6, 6.07) is 6.05. The molecular formula is C16H22N2O2. The molecule has 0 spiro atoms. The number of carbonyl (C=O) groups excluding carboxylic acids is 1. The lowest BCUT2D eigenvalue weighted by Gasteiger charge is -2.30. The van der Waals surface area contributed by atoms with Crippen molar-refractivity contribution >= 4 is 16.8 Å². The summed E-state index contributed by atoms with van der Waals surface area (Å²) in [5, 5.41) is 0.903. The quantitative estimate of drug-likeness (QED) is 0.928. The molecule has 1 N–H and O–H groups in total. The van der Waals surface area contributed by atoms with Gasteiger partial charge >= 0.3 is 0 Å². The van der Waals surface area contributed by atoms with Crippen LogP contribution in [0, 0.1) is 0 Å². The molecule has 2 rings (SSSR count). The van der Waals surface area contributed by atoms with Crippen molar-refractivity contribution in [2.45, 2.75) is 39.8 Å². The summed E-state index contributed by atoms with van der Waals surface area (Å²) in [6.45, 7) is 8.14. The third-order valence-electron chi connectivity index (χ3n) is 3.47. The molecule has 1 heterocycles. The van der Waals surface area contributed by atoms with Gasteiger partial charge in [-0.1, -0.05) is 0 Å². The summed E-state index contributed by atoms with van der Waals surface area (Å²) < 4.78 is 5.24. The number of rotatable bonds is 4. The Kier molecular flexibility index (Phi) is 4.02. The van der Waals surface area contributed by atoms with Gasteiger partial charge in [0.2, 0.25) is 0 Å². The van der Waals surface area contributed by atoms with E-state index in [1.165, 1.54) is 0 Å². The molecule has 0 aliphatic carbocycles. The molecule has 108 valence electrons. The summed E-state index contributed by atoms with van der Waals surface area (Å²) in [5.74, 6) is 0.807. The van der Waals surface area contributed by atoms with E-state index in [-0.39, 0.29) is 18.0 Å². The fraction of sp³-hybridized carbons (Fsp3) is 0.438. The average molecular weight is 274 g/mol. The number of methoxy groups -OCH3 is 1. The molecule has 20 heavy (non-hydrogen) atoms. The molecule has 2 aromatic rings. The maximum Gasteiger partial charge on any atom is 0.256 e. The summed E-state index contributed by atoms with van der Waals surface area (Å²) in [4.78, 5) is 17.8. The number of aromatic nitrogens is 1. The van der Waals surface area contributed by atoms with Gasteiger partial charge in [0.05, 0.1) is 12.7 Å². The number of nitrogens with one attached hydrogen (secondary N) is 1. The summed E-state index contributed by atoms with van der Waals surface area (Å²) in [5.41, 5.74) is 1.64. The van der Waals surface area contributed by atoms with E-state index in [0.717, 1.165) is 16.7 Å². The van der Waals surface area contributed by atoms with Gasteiger partial charge in [0.1, 0.15) is 5.75 Å². The van der Waals surface area contributed by atoms with Crippen LogP contribution in [0.2, 0.25) is 0 Å². The number of amides is 1. The highest BCUT2D eigenvalue weighted by molar-refractivity contribution is 6.07. The van der Waals surface area contributed by atoms with Crippen LogP contribution in [0.1, 0.15) is 38.1 Å². The predicted octanol–water partition coefficient (Wildman–Crippen LogP) is 3.44. The van der Waals surface area contributed by atoms with Gasteiger partial charge in [-0.25, -0.2) is 0 Å². The second-order valence-corrected chi connectivity index (χ2v) is 5.51. The second kappa shape index (κ2) is 5.57. The second-order valence-electron chi connectivity index (χ2n) is 5.51. The van der Waals surface area contributed by atoms with E-state index in [9.17, 15) is 4.79 Å². The maximum atomic E-state index is 12.8. The van der Waals surface area contributed by atoms with E-state index in [1.807, 2.05) is 50.8 Å². The van der Waals surface area contributed by atoms with Crippen LogP contribution in [0.5, 0.6) is 5.75 Å². The number of benzene rings is 1. The SMILES string of the molecule is COc1ccc2[nH]cc(C(=O)N(C(C)C)C(C)C)c2c1. The van der Waals surface area contributed by atoms with E-state index in [2.05, 4.69) is 4.98 Å². The summed E-state index contributed by atoms with van der Waals surface area (Å²) in [7, 11) is 1.63. The van der Waals surface area contributed by atoms with Crippen molar-refractivity contribution in [2.75, 3.05) is 7.11 Å². The number of carbonyl (C=O) groups is 1. The van der Waals surface area contributed by atoms with Gasteiger partial charge in [0.15, 0.2) is 0 Å². The van der Waals surface area contributed by atoms with Crippen molar-refractivity contribution in [3.8, 4) is 5.75 Å². The number of fused-ring (bicyclic) bond motifs is 1. The van der Waals surface area contributed by atoms with Crippen LogP contribution in [0.3, 0.4) is 0 Å². The zero-order valence-electron chi connectivity index (χ0n) is 12.7. The zero-order chi connectivity index (χ0) is 14.9.